The first-order valence-electron chi connectivity index (χ1n) is 7.03. The summed E-state index contributed by atoms with van der Waals surface area (Å²) in [4.78, 5) is 0. The minimum atomic E-state index is -0.294. The lowest BCUT2D eigenvalue weighted by molar-refractivity contribution is 0.292. The van der Waals surface area contributed by atoms with E-state index in [2.05, 4.69) is 5.32 Å². The minimum Gasteiger partial charge on any atom is -0.395 e. The molecule has 0 aliphatic carbocycles. The van der Waals surface area contributed by atoms with Crippen LogP contribution >= 0.6 is 0 Å². The maximum atomic E-state index is 13.4. The molecule has 2 aromatic rings. The molecule has 0 atom stereocenters. The molecule has 2 aromatic carbocycles. The fraction of sp³-hybridized carbons (Fsp3) is 0.294. The number of aliphatic hydroxyl groups excluding tert-OH is 1. The summed E-state index contributed by atoms with van der Waals surface area (Å²) in [7, 11) is 0. The lowest BCUT2D eigenvalue weighted by Gasteiger charge is -2.18. The summed E-state index contributed by atoms with van der Waals surface area (Å²) >= 11 is 0. The van der Waals surface area contributed by atoms with Crippen LogP contribution in [0.3, 0.4) is 0 Å². The van der Waals surface area contributed by atoms with Crippen molar-refractivity contribution < 1.29 is 13.9 Å². The van der Waals surface area contributed by atoms with Crippen LogP contribution < -0.4 is 5.32 Å². The molecule has 21 heavy (non-hydrogen) atoms. The van der Waals surface area contributed by atoms with Crippen molar-refractivity contribution in [2.45, 2.75) is 12.3 Å². The molecule has 0 saturated carbocycles. The van der Waals surface area contributed by atoms with Gasteiger partial charge < -0.3 is 10.4 Å². The van der Waals surface area contributed by atoms with E-state index in [4.69, 9.17) is 5.11 Å². The molecule has 0 unspecified atom stereocenters. The van der Waals surface area contributed by atoms with E-state index in [1.807, 2.05) is 12.1 Å². The van der Waals surface area contributed by atoms with Crippen LogP contribution in [0.4, 0.5) is 8.78 Å². The van der Waals surface area contributed by atoms with Crippen molar-refractivity contribution in [1.29, 1.82) is 0 Å². The maximum absolute atomic E-state index is 13.4. The largest absolute Gasteiger partial charge is 0.395 e. The fourth-order valence-corrected chi connectivity index (χ4v) is 2.42. The summed E-state index contributed by atoms with van der Waals surface area (Å²) in [5.74, 6) is -0.669. The highest BCUT2D eigenvalue weighted by Crippen LogP contribution is 2.28. The minimum absolute atomic E-state index is 0.0740. The van der Waals surface area contributed by atoms with Crippen LogP contribution in [0.1, 0.15) is 23.5 Å². The zero-order valence-electron chi connectivity index (χ0n) is 11.7. The highest BCUT2D eigenvalue weighted by atomic mass is 19.1. The molecule has 0 aromatic heterocycles. The lowest BCUT2D eigenvalue weighted by atomic mass is 9.88. The summed E-state index contributed by atoms with van der Waals surface area (Å²) < 4.78 is 26.9. The van der Waals surface area contributed by atoms with Gasteiger partial charge in [-0.15, -0.1) is 0 Å². The molecule has 2 rings (SSSR count). The van der Waals surface area contributed by atoms with E-state index in [-0.39, 0.29) is 24.2 Å². The van der Waals surface area contributed by atoms with Crippen LogP contribution in [0, 0.1) is 11.6 Å². The zero-order valence-corrected chi connectivity index (χ0v) is 11.7. The Morgan fingerprint density at radius 2 is 1.48 bits per heavy atom. The van der Waals surface area contributed by atoms with E-state index >= 15 is 0 Å². The second-order valence-corrected chi connectivity index (χ2v) is 4.92. The number of hydrogen-bond acceptors (Lipinski definition) is 2. The van der Waals surface area contributed by atoms with E-state index in [0.29, 0.717) is 19.5 Å². The van der Waals surface area contributed by atoms with Crippen molar-refractivity contribution in [2.24, 2.45) is 0 Å². The highest BCUT2D eigenvalue weighted by molar-refractivity contribution is 5.33. The third kappa shape index (κ3) is 4.62. The Labute approximate surface area is 123 Å². The maximum Gasteiger partial charge on any atom is 0.123 e. The molecular weight excluding hydrogens is 272 g/mol. The van der Waals surface area contributed by atoms with Gasteiger partial charge in [-0.05, 0) is 48.4 Å². The molecule has 4 heteroatoms. The van der Waals surface area contributed by atoms with Gasteiger partial charge in [0.15, 0.2) is 0 Å². The van der Waals surface area contributed by atoms with Gasteiger partial charge in [-0.25, -0.2) is 8.78 Å². The lowest BCUT2D eigenvalue weighted by Crippen LogP contribution is -2.21. The number of rotatable bonds is 7. The number of nitrogens with one attached hydrogen (secondary N) is 1. The van der Waals surface area contributed by atoms with E-state index in [1.165, 1.54) is 24.3 Å². The third-order valence-corrected chi connectivity index (χ3v) is 3.40. The molecule has 0 heterocycles. The second-order valence-electron chi connectivity index (χ2n) is 4.92. The Kier molecular flexibility index (Phi) is 5.84. The van der Waals surface area contributed by atoms with Crippen LogP contribution in [-0.2, 0) is 0 Å². The van der Waals surface area contributed by atoms with Gasteiger partial charge in [0.1, 0.15) is 11.6 Å². The summed E-state index contributed by atoms with van der Waals surface area (Å²) in [5.41, 5.74) is 1.65. The molecular formula is C17H19F2NO. The van der Waals surface area contributed by atoms with E-state index in [1.54, 1.807) is 12.1 Å². The predicted octanol–water partition coefficient (Wildman–Crippen LogP) is 3.07. The predicted molar refractivity (Wildman–Crippen MR) is 79.2 cm³/mol. The molecule has 2 nitrogen and oxygen atoms in total. The molecule has 2 N–H and O–H groups in total. The van der Waals surface area contributed by atoms with E-state index in [0.717, 1.165) is 11.1 Å². The third-order valence-electron chi connectivity index (χ3n) is 3.40. The van der Waals surface area contributed by atoms with Crippen molar-refractivity contribution >= 4 is 0 Å². The second kappa shape index (κ2) is 7.86. The van der Waals surface area contributed by atoms with Crippen molar-refractivity contribution in [3.05, 3.63) is 71.3 Å². The van der Waals surface area contributed by atoms with Gasteiger partial charge >= 0.3 is 0 Å². The molecule has 0 amide bonds. The molecule has 0 saturated heterocycles. The first-order valence-corrected chi connectivity index (χ1v) is 7.03. The average molecular weight is 291 g/mol. The van der Waals surface area contributed by atoms with Crippen molar-refractivity contribution in [3.8, 4) is 0 Å². The first kappa shape index (κ1) is 15.6. The van der Waals surface area contributed by atoms with Crippen LogP contribution in [0.15, 0.2) is 48.5 Å². The van der Waals surface area contributed by atoms with Crippen molar-refractivity contribution in [2.75, 3.05) is 19.7 Å². The van der Waals surface area contributed by atoms with Crippen LogP contribution in [0.2, 0.25) is 0 Å². The van der Waals surface area contributed by atoms with Gasteiger partial charge in [0, 0.05) is 12.5 Å². The number of halogens is 2. The SMILES string of the molecule is OCCNCCC(c1cccc(F)c1)c1cccc(F)c1. The Balaban J connectivity index is 2.21. The molecule has 0 bridgehead atoms. The van der Waals surface area contributed by atoms with E-state index < -0.39 is 0 Å². The number of hydrogen-bond donors (Lipinski definition) is 2. The van der Waals surface area contributed by atoms with E-state index in [9.17, 15) is 8.78 Å². The first-order chi connectivity index (χ1) is 10.2. The Hall–Kier alpha value is -1.78. The Morgan fingerprint density at radius 1 is 0.905 bits per heavy atom. The quantitative estimate of drug-likeness (QED) is 0.768. The summed E-state index contributed by atoms with van der Waals surface area (Å²) in [6.45, 7) is 1.25. The molecule has 0 spiro atoms. The molecule has 0 fully saturated rings. The van der Waals surface area contributed by atoms with Gasteiger partial charge in [-0.3, -0.25) is 0 Å². The number of aliphatic hydroxyl groups is 1. The normalized spacial score (nSPS) is 11.0. The zero-order chi connectivity index (χ0) is 15.1. The Morgan fingerprint density at radius 3 is 1.95 bits per heavy atom. The topological polar surface area (TPSA) is 32.3 Å². The molecule has 0 radical (unpaired) electrons. The fourth-order valence-electron chi connectivity index (χ4n) is 2.42. The van der Waals surface area contributed by atoms with Crippen molar-refractivity contribution in [1.82, 2.24) is 5.32 Å². The van der Waals surface area contributed by atoms with Crippen LogP contribution in [0.25, 0.3) is 0 Å². The average Bonchev–Trinajstić information content (AvgIpc) is 2.47. The van der Waals surface area contributed by atoms with Gasteiger partial charge in [-0.1, -0.05) is 24.3 Å². The van der Waals surface area contributed by atoms with Crippen LogP contribution in [0.5, 0.6) is 0 Å². The summed E-state index contributed by atoms with van der Waals surface area (Å²) in [6.07, 6.45) is 0.701. The molecule has 0 aliphatic rings. The molecule has 0 aliphatic heterocycles. The monoisotopic (exact) mass is 291 g/mol. The molecule has 112 valence electrons. The van der Waals surface area contributed by atoms with Crippen LogP contribution in [-0.4, -0.2) is 24.8 Å². The smallest absolute Gasteiger partial charge is 0.123 e. The Bertz CT molecular complexity index is 529. The number of benzene rings is 2. The standard InChI is InChI=1S/C17H19F2NO/c18-15-5-1-3-13(11-15)17(7-8-20-9-10-21)14-4-2-6-16(19)12-14/h1-6,11-12,17,20-21H,7-10H2. The van der Waals surface area contributed by atoms with Gasteiger partial charge in [0.25, 0.3) is 0 Å². The summed E-state index contributed by atoms with van der Waals surface area (Å²) in [6, 6.07) is 12.8. The van der Waals surface area contributed by atoms with Gasteiger partial charge in [-0.2, -0.15) is 0 Å². The summed E-state index contributed by atoms with van der Waals surface area (Å²) in [5, 5.41) is 11.9. The van der Waals surface area contributed by atoms with Gasteiger partial charge in [0.05, 0.1) is 6.61 Å². The van der Waals surface area contributed by atoms with Gasteiger partial charge in [0.2, 0.25) is 0 Å². The highest BCUT2D eigenvalue weighted by Gasteiger charge is 2.15. The van der Waals surface area contributed by atoms with Crippen molar-refractivity contribution in [3.63, 3.8) is 0 Å².